The number of hydrogen-bond donors (Lipinski definition) is 0. The monoisotopic (exact) mass is 311 g/mol. The molecular weight excluding hydrogens is 290 g/mol. The smallest absolute Gasteiger partial charge is 0.348 e. The van der Waals surface area contributed by atoms with Crippen LogP contribution in [-0.2, 0) is 9.53 Å². The van der Waals surface area contributed by atoms with Crippen molar-refractivity contribution in [3.05, 3.63) is 29.3 Å². The Kier molecular flexibility index (Phi) is 5.88. The van der Waals surface area contributed by atoms with E-state index in [1.54, 1.807) is 31.2 Å². The molecule has 1 saturated heterocycles. The van der Waals surface area contributed by atoms with Crippen molar-refractivity contribution in [2.24, 2.45) is 0 Å². The van der Waals surface area contributed by atoms with Gasteiger partial charge < -0.3 is 9.47 Å². The van der Waals surface area contributed by atoms with Gasteiger partial charge in [-0.1, -0.05) is 18.0 Å². The van der Waals surface area contributed by atoms with Crippen molar-refractivity contribution in [2.45, 2.75) is 45.4 Å². The molecule has 0 N–H and O–H groups in total. The highest BCUT2D eigenvalue weighted by molar-refractivity contribution is 6.30. The number of carbonyl (C=O) groups excluding carboxylic acids is 1. The van der Waals surface area contributed by atoms with Crippen LogP contribution in [0.5, 0.6) is 5.75 Å². The summed E-state index contributed by atoms with van der Waals surface area (Å²) in [6.45, 7) is 5.58. The second-order valence-corrected chi connectivity index (χ2v) is 5.78. The fourth-order valence-electron chi connectivity index (χ4n) is 2.39. The van der Waals surface area contributed by atoms with Gasteiger partial charge in [0.05, 0.1) is 0 Å². The van der Waals surface area contributed by atoms with E-state index in [-0.39, 0.29) is 12.2 Å². The number of carbonyl (C=O) groups is 1. The fraction of sp³-hybridized carbons (Fsp3) is 0.562. The lowest BCUT2D eigenvalue weighted by Crippen LogP contribution is -2.42. The van der Waals surface area contributed by atoms with Crippen molar-refractivity contribution < 1.29 is 14.3 Å². The summed E-state index contributed by atoms with van der Waals surface area (Å²) in [7, 11) is 0. The zero-order chi connectivity index (χ0) is 15.2. The predicted molar refractivity (Wildman–Crippen MR) is 82.5 cm³/mol. The summed E-state index contributed by atoms with van der Waals surface area (Å²) in [5.41, 5.74) is 0. The van der Waals surface area contributed by atoms with Gasteiger partial charge in [0.15, 0.2) is 12.3 Å². The summed E-state index contributed by atoms with van der Waals surface area (Å²) < 4.78 is 11.1. The van der Waals surface area contributed by atoms with Crippen molar-refractivity contribution in [3.63, 3.8) is 0 Å². The van der Waals surface area contributed by atoms with Crippen molar-refractivity contribution >= 4 is 17.6 Å². The third-order valence-corrected chi connectivity index (χ3v) is 3.90. The van der Waals surface area contributed by atoms with Crippen LogP contribution in [0.25, 0.3) is 0 Å². The lowest BCUT2D eigenvalue weighted by atomic mass is 10.1. The van der Waals surface area contributed by atoms with Crippen LogP contribution in [0.1, 0.15) is 33.1 Å². The van der Waals surface area contributed by atoms with Gasteiger partial charge in [-0.25, -0.2) is 4.79 Å². The lowest BCUT2D eigenvalue weighted by molar-refractivity contribution is -0.165. The highest BCUT2D eigenvalue weighted by Crippen LogP contribution is 2.18. The van der Waals surface area contributed by atoms with Gasteiger partial charge in [-0.3, -0.25) is 4.90 Å². The van der Waals surface area contributed by atoms with Gasteiger partial charge >= 0.3 is 5.97 Å². The van der Waals surface area contributed by atoms with E-state index in [2.05, 4.69) is 4.90 Å². The minimum Gasteiger partial charge on any atom is -0.479 e. The first-order valence-corrected chi connectivity index (χ1v) is 7.81. The van der Waals surface area contributed by atoms with Crippen LogP contribution < -0.4 is 4.74 Å². The number of hydrogen-bond acceptors (Lipinski definition) is 4. The molecule has 2 unspecified atom stereocenters. The maximum Gasteiger partial charge on any atom is 0.348 e. The van der Waals surface area contributed by atoms with Crippen LogP contribution in [0.3, 0.4) is 0 Å². The summed E-state index contributed by atoms with van der Waals surface area (Å²) in [6, 6.07) is 6.93. The third kappa shape index (κ3) is 4.90. The van der Waals surface area contributed by atoms with E-state index in [4.69, 9.17) is 21.1 Å². The fourth-order valence-corrected chi connectivity index (χ4v) is 2.51. The molecule has 1 fully saturated rings. The molecule has 4 nitrogen and oxygen atoms in total. The number of piperidine rings is 1. The van der Waals surface area contributed by atoms with E-state index in [0.717, 1.165) is 13.1 Å². The second-order valence-electron chi connectivity index (χ2n) is 5.35. The zero-order valence-corrected chi connectivity index (χ0v) is 13.3. The lowest BCUT2D eigenvalue weighted by Gasteiger charge is -2.32. The van der Waals surface area contributed by atoms with Crippen molar-refractivity contribution in [2.75, 3.05) is 13.1 Å². The molecule has 1 aliphatic rings. The first kappa shape index (κ1) is 16.1. The maximum absolute atomic E-state index is 12.1. The largest absolute Gasteiger partial charge is 0.479 e. The number of likely N-dealkylation sites (tertiary alicyclic amines) is 1. The summed E-state index contributed by atoms with van der Waals surface area (Å²) >= 11 is 5.81. The van der Waals surface area contributed by atoms with Crippen LogP contribution in [0, 0.1) is 0 Å². The summed E-state index contributed by atoms with van der Waals surface area (Å²) in [6.07, 6.45) is 2.75. The Morgan fingerprint density at radius 3 is 2.38 bits per heavy atom. The number of rotatable bonds is 5. The average molecular weight is 312 g/mol. The SMILES string of the molecule is CC(Oc1ccc(Cl)cc1)C(=O)OC(C)N1CCCCC1. The Balaban J connectivity index is 1.82. The minimum absolute atomic E-state index is 0.200. The molecule has 1 heterocycles. The van der Waals surface area contributed by atoms with Crippen molar-refractivity contribution in [1.29, 1.82) is 0 Å². The highest BCUT2D eigenvalue weighted by Gasteiger charge is 2.23. The second kappa shape index (κ2) is 7.66. The Labute approximate surface area is 131 Å². The van der Waals surface area contributed by atoms with E-state index in [1.165, 1.54) is 19.3 Å². The summed E-state index contributed by atoms with van der Waals surface area (Å²) in [5, 5.41) is 0.635. The standard InChI is InChI=1S/C16H22ClNO3/c1-12(20-15-8-6-14(17)7-9-15)16(19)21-13(2)18-10-4-3-5-11-18/h6-9,12-13H,3-5,10-11H2,1-2H3. The number of benzene rings is 1. The average Bonchev–Trinajstić information content (AvgIpc) is 2.50. The van der Waals surface area contributed by atoms with Gasteiger partial charge in [0.1, 0.15) is 5.75 Å². The molecule has 2 rings (SSSR count). The van der Waals surface area contributed by atoms with Crippen molar-refractivity contribution in [3.8, 4) is 5.75 Å². The van der Waals surface area contributed by atoms with Gasteiger partial charge in [-0.2, -0.15) is 0 Å². The van der Waals surface area contributed by atoms with Crippen LogP contribution in [0.2, 0.25) is 5.02 Å². The minimum atomic E-state index is -0.640. The Bertz CT molecular complexity index is 457. The molecule has 0 aromatic heterocycles. The first-order chi connectivity index (χ1) is 10.1. The molecular formula is C16H22ClNO3. The maximum atomic E-state index is 12.1. The zero-order valence-electron chi connectivity index (χ0n) is 12.5. The normalized spacial score (nSPS) is 18.8. The first-order valence-electron chi connectivity index (χ1n) is 7.43. The predicted octanol–water partition coefficient (Wildman–Crippen LogP) is 3.48. The van der Waals surface area contributed by atoms with Gasteiger partial charge in [0.25, 0.3) is 0 Å². The quantitative estimate of drug-likeness (QED) is 0.780. The highest BCUT2D eigenvalue weighted by atomic mass is 35.5. The molecule has 5 heteroatoms. The Morgan fingerprint density at radius 1 is 1.14 bits per heavy atom. The van der Waals surface area contributed by atoms with E-state index >= 15 is 0 Å². The summed E-state index contributed by atoms with van der Waals surface area (Å²) in [4.78, 5) is 14.3. The molecule has 0 saturated carbocycles. The van der Waals surface area contributed by atoms with E-state index in [1.807, 2.05) is 6.92 Å². The number of esters is 1. The molecule has 21 heavy (non-hydrogen) atoms. The van der Waals surface area contributed by atoms with Crippen molar-refractivity contribution in [1.82, 2.24) is 4.90 Å². The summed E-state index contributed by atoms with van der Waals surface area (Å²) in [5.74, 6) is 0.262. The molecule has 2 atom stereocenters. The molecule has 0 radical (unpaired) electrons. The molecule has 116 valence electrons. The van der Waals surface area contributed by atoms with Gasteiger partial charge in [0.2, 0.25) is 0 Å². The van der Waals surface area contributed by atoms with Crippen LogP contribution in [-0.4, -0.2) is 36.3 Å². The van der Waals surface area contributed by atoms with Crippen LogP contribution in [0.4, 0.5) is 0 Å². The molecule has 1 aliphatic heterocycles. The van der Waals surface area contributed by atoms with E-state index < -0.39 is 6.10 Å². The van der Waals surface area contributed by atoms with Crippen LogP contribution in [0.15, 0.2) is 24.3 Å². The van der Waals surface area contributed by atoms with Crippen LogP contribution >= 0.6 is 11.6 Å². The molecule has 0 bridgehead atoms. The molecule has 1 aromatic carbocycles. The van der Waals surface area contributed by atoms with Gasteiger partial charge in [0, 0.05) is 18.1 Å². The van der Waals surface area contributed by atoms with E-state index in [0.29, 0.717) is 10.8 Å². The number of ether oxygens (including phenoxy) is 2. The number of nitrogens with zero attached hydrogens (tertiary/aromatic N) is 1. The molecule has 0 amide bonds. The van der Waals surface area contributed by atoms with Gasteiger partial charge in [-0.05, 0) is 51.0 Å². The van der Waals surface area contributed by atoms with Gasteiger partial charge in [-0.15, -0.1) is 0 Å². The topological polar surface area (TPSA) is 38.8 Å². The number of halogens is 1. The molecule has 0 spiro atoms. The third-order valence-electron chi connectivity index (χ3n) is 3.65. The Morgan fingerprint density at radius 2 is 1.76 bits per heavy atom. The molecule has 0 aliphatic carbocycles. The Hall–Kier alpha value is -1.26. The van der Waals surface area contributed by atoms with E-state index in [9.17, 15) is 4.79 Å². The molecule has 1 aromatic rings.